The maximum atomic E-state index is 13.1. The lowest BCUT2D eigenvalue weighted by Gasteiger charge is -2.24. The molecule has 1 N–H and O–H groups in total. The summed E-state index contributed by atoms with van der Waals surface area (Å²) in [7, 11) is 0. The maximum absolute atomic E-state index is 13.1. The standard InChI is InChI=1S/C14H18F2N2O/c1-2-18(14(19)13-4-3-7-17-13)9-10-5-6-11(15)12(16)8-10/h5-6,8,13,17H,2-4,7,9H2,1H3/t13-/m1/s1. The second-order valence-corrected chi connectivity index (χ2v) is 4.75. The number of nitrogens with one attached hydrogen (secondary N) is 1. The molecule has 1 aliphatic heterocycles. The highest BCUT2D eigenvalue weighted by Gasteiger charge is 2.26. The fourth-order valence-electron chi connectivity index (χ4n) is 2.32. The first-order valence-electron chi connectivity index (χ1n) is 6.58. The largest absolute Gasteiger partial charge is 0.337 e. The molecule has 1 fully saturated rings. The van der Waals surface area contributed by atoms with E-state index in [2.05, 4.69) is 5.32 Å². The molecule has 104 valence electrons. The van der Waals surface area contributed by atoms with Crippen LogP contribution in [0.4, 0.5) is 8.78 Å². The third kappa shape index (κ3) is 3.29. The van der Waals surface area contributed by atoms with Crippen LogP contribution in [-0.2, 0) is 11.3 Å². The average molecular weight is 268 g/mol. The summed E-state index contributed by atoms with van der Waals surface area (Å²) in [4.78, 5) is 13.9. The number of carbonyl (C=O) groups is 1. The molecular formula is C14H18F2N2O. The summed E-state index contributed by atoms with van der Waals surface area (Å²) in [6.45, 7) is 3.60. The van der Waals surface area contributed by atoms with E-state index in [1.54, 1.807) is 4.90 Å². The lowest BCUT2D eigenvalue weighted by Crippen LogP contribution is -2.43. The van der Waals surface area contributed by atoms with Gasteiger partial charge in [-0.05, 0) is 44.0 Å². The van der Waals surface area contributed by atoms with Crippen LogP contribution in [0.3, 0.4) is 0 Å². The summed E-state index contributed by atoms with van der Waals surface area (Å²) in [5.41, 5.74) is 0.604. The molecule has 1 aromatic carbocycles. The number of likely N-dealkylation sites (N-methyl/N-ethyl adjacent to an activating group) is 1. The molecule has 1 amide bonds. The first-order valence-corrected chi connectivity index (χ1v) is 6.58. The van der Waals surface area contributed by atoms with Crippen LogP contribution in [0, 0.1) is 11.6 Å². The highest BCUT2D eigenvalue weighted by molar-refractivity contribution is 5.82. The van der Waals surface area contributed by atoms with Crippen molar-refractivity contribution < 1.29 is 13.6 Å². The minimum absolute atomic E-state index is 0.0322. The van der Waals surface area contributed by atoms with Crippen molar-refractivity contribution in [2.75, 3.05) is 13.1 Å². The molecule has 5 heteroatoms. The van der Waals surface area contributed by atoms with E-state index in [4.69, 9.17) is 0 Å². The molecule has 3 nitrogen and oxygen atoms in total. The summed E-state index contributed by atoms with van der Waals surface area (Å²) in [5, 5.41) is 3.15. The van der Waals surface area contributed by atoms with E-state index >= 15 is 0 Å². The lowest BCUT2D eigenvalue weighted by atomic mass is 10.1. The molecule has 0 radical (unpaired) electrons. The fraction of sp³-hybridized carbons (Fsp3) is 0.500. The van der Waals surface area contributed by atoms with E-state index in [1.165, 1.54) is 6.07 Å². The number of benzene rings is 1. The Hall–Kier alpha value is -1.49. The van der Waals surface area contributed by atoms with Gasteiger partial charge in [-0.25, -0.2) is 8.78 Å². The van der Waals surface area contributed by atoms with Crippen molar-refractivity contribution >= 4 is 5.91 Å². The number of rotatable bonds is 4. The maximum Gasteiger partial charge on any atom is 0.239 e. The average Bonchev–Trinajstić information content (AvgIpc) is 2.93. The summed E-state index contributed by atoms with van der Waals surface area (Å²) >= 11 is 0. The van der Waals surface area contributed by atoms with Crippen LogP contribution < -0.4 is 5.32 Å². The van der Waals surface area contributed by atoms with E-state index in [0.29, 0.717) is 18.7 Å². The third-order valence-corrected chi connectivity index (χ3v) is 3.41. The van der Waals surface area contributed by atoms with E-state index < -0.39 is 11.6 Å². The van der Waals surface area contributed by atoms with Crippen molar-refractivity contribution in [2.45, 2.75) is 32.4 Å². The van der Waals surface area contributed by atoms with Crippen molar-refractivity contribution in [1.29, 1.82) is 0 Å². The van der Waals surface area contributed by atoms with Gasteiger partial charge in [-0.2, -0.15) is 0 Å². The molecule has 1 saturated heterocycles. The van der Waals surface area contributed by atoms with Crippen LogP contribution in [0.2, 0.25) is 0 Å². The van der Waals surface area contributed by atoms with Gasteiger partial charge >= 0.3 is 0 Å². The number of carbonyl (C=O) groups excluding carboxylic acids is 1. The first-order chi connectivity index (χ1) is 9.11. The lowest BCUT2D eigenvalue weighted by molar-refractivity contribution is -0.133. The minimum Gasteiger partial charge on any atom is -0.337 e. The summed E-state index contributed by atoms with van der Waals surface area (Å²) in [5.74, 6) is -1.71. The van der Waals surface area contributed by atoms with Gasteiger partial charge < -0.3 is 10.2 Å². The van der Waals surface area contributed by atoms with Crippen molar-refractivity contribution in [1.82, 2.24) is 10.2 Å². The van der Waals surface area contributed by atoms with Gasteiger partial charge in [-0.15, -0.1) is 0 Å². The molecule has 19 heavy (non-hydrogen) atoms. The highest BCUT2D eigenvalue weighted by atomic mass is 19.2. The molecule has 0 aromatic heterocycles. The van der Waals surface area contributed by atoms with Gasteiger partial charge in [0.05, 0.1) is 6.04 Å². The van der Waals surface area contributed by atoms with Gasteiger partial charge in [-0.3, -0.25) is 4.79 Å². The van der Waals surface area contributed by atoms with Gasteiger partial charge in [0.25, 0.3) is 0 Å². The quantitative estimate of drug-likeness (QED) is 0.906. The van der Waals surface area contributed by atoms with Crippen molar-refractivity contribution in [3.05, 3.63) is 35.4 Å². The normalized spacial score (nSPS) is 18.6. The fourth-order valence-corrected chi connectivity index (χ4v) is 2.32. The van der Waals surface area contributed by atoms with Crippen LogP contribution in [0.1, 0.15) is 25.3 Å². The molecule has 0 bridgehead atoms. The number of halogens is 2. The third-order valence-electron chi connectivity index (χ3n) is 3.41. The Morgan fingerprint density at radius 1 is 1.42 bits per heavy atom. The zero-order valence-corrected chi connectivity index (χ0v) is 11.0. The van der Waals surface area contributed by atoms with Crippen LogP contribution in [-0.4, -0.2) is 29.9 Å². The molecule has 0 spiro atoms. The Balaban J connectivity index is 2.05. The Bertz CT molecular complexity index is 459. The van der Waals surface area contributed by atoms with Crippen molar-refractivity contribution in [3.8, 4) is 0 Å². The Morgan fingerprint density at radius 2 is 2.21 bits per heavy atom. The van der Waals surface area contributed by atoms with E-state index in [0.717, 1.165) is 31.5 Å². The molecule has 1 atom stereocenters. The second kappa shape index (κ2) is 6.10. The van der Waals surface area contributed by atoms with Gasteiger partial charge in [0.2, 0.25) is 5.91 Å². The van der Waals surface area contributed by atoms with Gasteiger partial charge in [-0.1, -0.05) is 6.07 Å². The predicted molar refractivity (Wildman–Crippen MR) is 68.5 cm³/mol. The second-order valence-electron chi connectivity index (χ2n) is 4.75. The zero-order valence-electron chi connectivity index (χ0n) is 11.0. The number of amides is 1. The molecule has 0 aliphatic carbocycles. The molecule has 0 unspecified atom stereocenters. The monoisotopic (exact) mass is 268 g/mol. The van der Waals surface area contributed by atoms with Gasteiger partial charge in [0, 0.05) is 13.1 Å². The van der Waals surface area contributed by atoms with E-state index in [9.17, 15) is 13.6 Å². The van der Waals surface area contributed by atoms with E-state index in [-0.39, 0.29) is 11.9 Å². The number of hydrogen-bond donors (Lipinski definition) is 1. The summed E-state index contributed by atoms with van der Waals surface area (Å²) in [6.07, 6.45) is 1.84. The first kappa shape index (κ1) is 13.9. The van der Waals surface area contributed by atoms with Crippen molar-refractivity contribution in [2.24, 2.45) is 0 Å². The zero-order chi connectivity index (χ0) is 13.8. The molecule has 2 rings (SSSR count). The Kier molecular flexibility index (Phi) is 4.47. The van der Waals surface area contributed by atoms with Crippen LogP contribution in [0.5, 0.6) is 0 Å². The summed E-state index contributed by atoms with van der Waals surface area (Å²) in [6, 6.07) is 3.62. The molecular weight excluding hydrogens is 250 g/mol. The molecule has 1 aliphatic rings. The predicted octanol–water partition coefficient (Wildman–Crippen LogP) is 2.07. The Labute approximate surface area is 111 Å². The molecule has 1 heterocycles. The topological polar surface area (TPSA) is 32.3 Å². The number of hydrogen-bond acceptors (Lipinski definition) is 2. The van der Waals surface area contributed by atoms with Gasteiger partial charge in [0.1, 0.15) is 0 Å². The SMILES string of the molecule is CCN(Cc1ccc(F)c(F)c1)C(=O)[C@H]1CCCN1. The van der Waals surface area contributed by atoms with Crippen LogP contribution in [0.25, 0.3) is 0 Å². The van der Waals surface area contributed by atoms with Crippen LogP contribution >= 0.6 is 0 Å². The molecule has 0 saturated carbocycles. The Morgan fingerprint density at radius 3 is 2.79 bits per heavy atom. The number of nitrogens with zero attached hydrogens (tertiary/aromatic N) is 1. The van der Waals surface area contributed by atoms with Gasteiger partial charge in [0.15, 0.2) is 11.6 Å². The smallest absolute Gasteiger partial charge is 0.239 e. The van der Waals surface area contributed by atoms with E-state index in [1.807, 2.05) is 6.92 Å². The van der Waals surface area contributed by atoms with Crippen LogP contribution in [0.15, 0.2) is 18.2 Å². The highest BCUT2D eigenvalue weighted by Crippen LogP contribution is 2.14. The summed E-state index contributed by atoms with van der Waals surface area (Å²) < 4.78 is 26.0. The molecule has 1 aromatic rings. The minimum atomic E-state index is -0.875. The van der Waals surface area contributed by atoms with Crippen molar-refractivity contribution in [3.63, 3.8) is 0 Å².